The third kappa shape index (κ3) is 8.85. The molecule has 0 N–H and O–H groups in total. The molecule has 0 unspecified atom stereocenters. The molecule has 0 nitrogen and oxygen atoms in total. The van der Waals surface area contributed by atoms with Crippen molar-refractivity contribution in [1.82, 2.24) is 0 Å². The van der Waals surface area contributed by atoms with Gasteiger partial charge in [0, 0.05) is 19.5 Å². The minimum Gasteiger partial charge on any atom is 0 e. The van der Waals surface area contributed by atoms with Crippen LogP contribution in [-0.2, 0) is 42.2 Å². The summed E-state index contributed by atoms with van der Waals surface area (Å²) >= 11 is 3.82. The zero-order chi connectivity index (χ0) is 2.00. The van der Waals surface area contributed by atoms with Crippen molar-refractivity contribution in [1.29, 1.82) is 0 Å². The van der Waals surface area contributed by atoms with Gasteiger partial charge in [-0.25, -0.2) is 0 Å². The van der Waals surface area contributed by atoms with Gasteiger partial charge in [-0.2, -0.15) is 0 Å². The van der Waals surface area contributed by atoms with Crippen molar-refractivity contribution >= 4 is 34.5 Å². The Morgan fingerprint density at radius 3 is 1.50 bits per heavy atom. The third-order valence-electron chi connectivity index (χ3n) is 0. The summed E-state index contributed by atoms with van der Waals surface area (Å²) in [7, 11) is 0. The summed E-state index contributed by atoms with van der Waals surface area (Å²) in [6.07, 6.45) is 0. The summed E-state index contributed by atoms with van der Waals surface area (Å²) in [5, 5.41) is 0. The maximum absolute atomic E-state index is 2.80. The average Bonchev–Trinajstić information content (AvgIpc) is 1.00. The third-order valence-corrected chi connectivity index (χ3v) is 0. The maximum Gasteiger partial charge on any atom is 0 e. The van der Waals surface area contributed by atoms with Crippen molar-refractivity contribution in [3.63, 3.8) is 0 Å². The van der Waals surface area contributed by atoms with Gasteiger partial charge in [-0.3, -0.25) is 0 Å². The molecule has 14 valence electrons. The van der Waals surface area contributed by atoms with Gasteiger partial charge in [-0.05, 0) is 0 Å². The van der Waals surface area contributed by atoms with E-state index in [1.807, 2.05) is 0 Å². The largest absolute Gasteiger partial charge is 0 e. The molecule has 0 atom stereocenters. The Kier molecular flexibility index (Phi) is 67.2. The van der Waals surface area contributed by atoms with E-state index in [-0.39, 0.29) is 45.4 Å². The van der Waals surface area contributed by atoms with E-state index in [1.54, 1.807) is 0 Å². The van der Waals surface area contributed by atoms with E-state index in [1.165, 1.54) is 0 Å². The molecular formula is H2CdMgSeZn. The first-order valence-electron chi connectivity index (χ1n) is 0.289. The van der Waals surface area contributed by atoms with Crippen molar-refractivity contribution in [2.45, 2.75) is 0 Å². The van der Waals surface area contributed by atoms with Gasteiger partial charge in [0.1, 0.15) is 0 Å². The molecule has 0 fully saturated rings. The Bertz CT molecular complexity index is 13.5. The molecule has 0 rings (SSSR count). The number of rotatable bonds is 0. The van der Waals surface area contributed by atoms with E-state index in [4.69, 9.17) is 0 Å². The van der Waals surface area contributed by atoms with Crippen LogP contribution in [0.5, 0.6) is 0 Å². The molecule has 0 aromatic heterocycles. The quantitative estimate of drug-likeness (QED) is 0.524. The minimum absolute atomic E-state index is 0. The van der Waals surface area contributed by atoms with Crippen molar-refractivity contribution in [2.24, 2.45) is 0 Å². The zero-order valence-electron chi connectivity index (χ0n) is 4.53. The summed E-state index contributed by atoms with van der Waals surface area (Å²) in [5.41, 5.74) is 0. The molecule has 0 saturated heterocycles. The summed E-state index contributed by atoms with van der Waals surface area (Å²) in [4.78, 5) is 0. The SMILES string of the molecule is [H-].[H-].[Mg+2].[Se]=[Cd].[Zn]. The fraction of sp³-hybridized carbons (Fsp3) is 0. The summed E-state index contributed by atoms with van der Waals surface area (Å²) in [5.74, 6) is 0. The monoisotopic (exact) mass is 284 g/mol. The van der Waals surface area contributed by atoms with Crippen LogP contribution >= 0.6 is 0 Å². The van der Waals surface area contributed by atoms with Gasteiger partial charge in [0.2, 0.25) is 0 Å². The van der Waals surface area contributed by atoms with Gasteiger partial charge in [-0.15, -0.1) is 0 Å². The maximum atomic E-state index is 2.80. The summed E-state index contributed by atoms with van der Waals surface area (Å²) < 4.78 is 0. The molecule has 0 heterocycles. The molecular weight excluding hydrogens is 281 g/mol. The fourth-order valence-corrected chi connectivity index (χ4v) is 0. The smallest absolute Gasteiger partial charge is 0 e. The summed E-state index contributed by atoms with van der Waals surface area (Å²) in [6, 6.07) is 0. The van der Waals surface area contributed by atoms with Crippen LogP contribution < -0.4 is 0 Å². The van der Waals surface area contributed by atoms with E-state index in [0.29, 0.717) is 0 Å². The van der Waals surface area contributed by atoms with Gasteiger partial charge in [0.15, 0.2) is 0 Å². The molecule has 4 heteroatoms. The van der Waals surface area contributed by atoms with E-state index >= 15 is 0 Å². The normalized spacial score (nSPS) is 1.50. The molecule has 4 heavy (non-hydrogen) atoms. The van der Waals surface area contributed by atoms with E-state index in [9.17, 15) is 0 Å². The number of hydrogen-bond donors (Lipinski definition) is 0. The van der Waals surface area contributed by atoms with Crippen LogP contribution in [0.3, 0.4) is 0 Å². The second-order valence-corrected chi connectivity index (χ2v) is 0. The summed E-state index contributed by atoms with van der Waals surface area (Å²) in [6.45, 7) is 0. The molecule has 0 spiro atoms. The molecule has 0 aliphatic heterocycles. The van der Waals surface area contributed by atoms with Crippen LogP contribution in [0.2, 0.25) is 0 Å². The molecule has 0 aromatic carbocycles. The second-order valence-electron chi connectivity index (χ2n) is 0. The topological polar surface area (TPSA) is 0 Å². The van der Waals surface area contributed by atoms with Crippen LogP contribution in [0.25, 0.3) is 0 Å². The fourth-order valence-electron chi connectivity index (χ4n) is 0. The van der Waals surface area contributed by atoms with Gasteiger partial charge >= 0.3 is 57.2 Å². The van der Waals surface area contributed by atoms with Crippen molar-refractivity contribution in [3.05, 3.63) is 0 Å². The van der Waals surface area contributed by atoms with Crippen molar-refractivity contribution < 1.29 is 45.1 Å². The van der Waals surface area contributed by atoms with Crippen molar-refractivity contribution in [2.75, 3.05) is 0 Å². The molecule has 0 radical (unpaired) electrons. The van der Waals surface area contributed by atoms with Gasteiger partial charge in [-0.1, -0.05) is 0 Å². The average molecular weight is 283 g/mol. The zero-order valence-corrected chi connectivity index (χ0v) is 12.7. The molecule has 0 aliphatic carbocycles. The Labute approximate surface area is 78.2 Å². The van der Waals surface area contributed by atoms with Crippen molar-refractivity contribution in [3.8, 4) is 0 Å². The predicted octanol–water partition coefficient (Wildman–Crippen LogP) is -0.542. The molecule has 0 saturated carbocycles. The predicted molar refractivity (Wildman–Crippen MR) is 13.7 cm³/mol. The van der Waals surface area contributed by atoms with E-state index < -0.39 is 0 Å². The number of hydrogen-bond acceptors (Lipinski definition) is 0. The minimum atomic E-state index is 0. The standard InChI is InChI=1S/Cd.Mg.Se.Zn.2H/q;+2;;;2*-1. The van der Waals surface area contributed by atoms with Crippen LogP contribution in [-0.4, -0.2) is 34.5 Å². The molecule has 0 aromatic rings. The second kappa shape index (κ2) is 17.0. The Hall–Kier alpha value is 2.83. The molecule has 0 bridgehead atoms. The van der Waals surface area contributed by atoms with Gasteiger partial charge in [0.25, 0.3) is 0 Å². The van der Waals surface area contributed by atoms with E-state index in [2.05, 4.69) is 11.5 Å². The Balaban J connectivity index is -0.000000000833. The van der Waals surface area contributed by atoms with Gasteiger partial charge in [0.05, 0.1) is 0 Å². The molecule has 0 amide bonds. The van der Waals surface area contributed by atoms with Crippen LogP contribution in [0.15, 0.2) is 0 Å². The van der Waals surface area contributed by atoms with E-state index in [0.717, 1.165) is 22.7 Å². The van der Waals surface area contributed by atoms with Crippen LogP contribution in [0, 0.1) is 0 Å². The first-order valence-corrected chi connectivity index (χ1v) is 10.1. The van der Waals surface area contributed by atoms with Gasteiger partial charge < -0.3 is 2.85 Å². The molecule has 0 aliphatic rings. The Morgan fingerprint density at radius 1 is 1.50 bits per heavy atom. The Morgan fingerprint density at radius 2 is 1.50 bits per heavy atom. The first-order chi connectivity index (χ1) is 1.00. The van der Waals surface area contributed by atoms with Crippen LogP contribution in [0.4, 0.5) is 0 Å². The van der Waals surface area contributed by atoms with Crippen LogP contribution in [0.1, 0.15) is 2.85 Å². The first kappa shape index (κ1) is 15.8.